The average Bonchev–Trinajstić information content (AvgIpc) is 3.06. The molecule has 0 radical (unpaired) electrons. The normalized spacial score (nSPS) is 14.3. The van der Waals surface area contributed by atoms with E-state index in [0.717, 1.165) is 6.42 Å². The number of hydrogen-bond acceptors (Lipinski definition) is 0. The highest BCUT2D eigenvalue weighted by atomic mass is 14.3. The summed E-state index contributed by atoms with van der Waals surface area (Å²) in [6.45, 7) is 21.0. The minimum atomic E-state index is 0.133. The number of hydrogen-bond donors (Lipinski definition) is 0. The fourth-order valence-electron chi connectivity index (χ4n) is 4.50. The molecule has 0 atom stereocenters. The molecule has 3 rings (SSSR count). The third-order valence-corrected chi connectivity index (χ3v) is 6.56. The van der Waals surface area contributed by atoms with E-state index in [0.29, 0.717) is 5.92 Å². The van der Waals surface area contributed by atoms with Gasteiger partial charge in [-0.05, 0) is 75.0 Å². The molecule has 0 bridgehead atoms. The summed E-state index contributed by atoms with van der Waals surface area (Å²) in [5.74, 6) is 0.509. The van der Waals surface area contributed by atoms with Gasteiger partial charge in [-0.1, -0.05) is 111 Å². The molecule has 0 fully saturated rings. The third kappa shape index (κ3) is 4.74. The van der Waals surface area contributed by atoms with E-state index in [1.165, 1.54) is 58.2 Å². The van der Waals surface area contributed by atoms with E-state index in [-0.39, 0.29) is 10.8 Å². The Labute approximate surface area is 185 Å². The van der Waals surface area contributed by atoms with Crippen LogP contribution < -0.4 is 0 Å². The fourth-order valence-corrected chi connectivity index (χ4v) is 4.50. The molecule has 0 amide bonds. The molecular formula is C30H42. The maximum atomic E-state index is 2.52. The Bertz CT molecular complexity index is 907. The van der Waals surface area contributed by atoms with Crippen molar-refractivity contribution < 1.29 is 0 Å². The van der Waals surface area contributed by atoms with Crippen LogP contribution in [0.3, 0.4) is 0 Å². The second-order valence-electron chi connectivity index (χ2n) is 11.6. The van der Waals surface area contributed by atoms with Crippen molar-refractivity contribution in [1.82, 2.24) is 0 Å². The van der Waals surface area contributed by atoms with E-state index in [1.807, 2.05) is 0 Å². The van der Waals surface area contributed by atoms with Crippen LogP contribution in [0.4, 0.5) is 0 Å². The van der Waals surface area contributed by atoms with E-state index in [1.54, 1.807) is 5.57 Å². The second-order valence-corrected chi connectivity index (χ2v) is 11.6. The van der Waals surface area contributed by atoms with Crippen LogP contribution in [-0.2, 0) is 17.3 Å². The van der Waals surface area contributed by atoms with Gasteiger partial charge in [0.05, 0.1) is 0 Å². The average molecular weight is 403 g/mol. The van der Waals surface area contributed by atoms with Crippen molar-refractivity contribution in [3.8, 4) is 11.1 Å². The highest BCUT2D eigenvalue weighted by Gasteiger charge is 2.25. The molecule has 1 aliphatic rings. The minimum absolute atomic E-state index is 0.133. The largest absolute Gasteiger partial charge is 0.0654 e. The first kappa shape index (κ1) is 22.9. The van der Waals surface area contributed by atoms with Gasteiger partial charge in [-0.15, -0.1) is 0 Å². The Morgan fingerprint density at radius 1 is 0.867 bits per heavy atom. The lowest BCUT2D eigenvalue weighted by Crippen LogP contribution is -2.16. The zero-order valence-corrected chi connectivity index (χ0v) is 20.9. The predicted molar refractivity (Wildman–Crippen MR) is 135 cm³/mol. The number of benzene rings is 2. The van der Waals surface area contributed by atoms with E-state index in [9.17, 15) is 0 Å². The molecule has 0 aromatic heterocycles. The van der Waals surface area contributed by atoms with Gasteiger partial charge in [-0.25, -0.2) is 0 Å². The summed E-state index contributed by atoms with van der Waals surface area (Å²) in [5, 5.41) is 0. The molecule has 162 valence electrons. The first-order chi connectivity index (χ1) is 13.9. The van der Waals surface area contributed by atoms with Gasteiger partial charge < -0.3 is 0 Å². The topological polar surface area (TPSA) is 0 Å². The molecule has 0 nitrogen and oxygen atoms in total. The maximum Gasteiger partial charge on any atom is -0.00576 e. The van der Waals surface area contributed by atoms with Gasteiger partial charge in [0.25, 0.3) is 0 Å². The molecule has 30 heavy (non-hydrogen) atoms. The first-order valence-electron chi connectivity index (χ1n) is 11.9. The van der Waals surface area contributed by atoms with Gasteiger partial charge in [0.1, 0.15) is 0 Å². The summed E-state index contributed by atoms with van der Waals surface area (Å²) in [4.78, 5) is 0. The first-order valence-corrected chi connectivity index (χ1v) is 11.9. The van der Waals surface area contributed by atoms with Crippen molar-refractivity contribution in [2.45, 2.75) is 105 Å². The third-order valence-electron chi connectivity index (χ3n) is 6.56. The van der Waals surface area contributed by atoms with Crippen LogP contribution in [0.25, 0.3) is 17.2 Å². The molecular weight excluding hydrogens is 360 g/mol. The van der Waals surface area contributed by atoms with Crippen molar-refractivity contribution in [3.63, 3.8) is 0 Å². The van der Waals surface area contributed by atoms with Crippen LogP contribution in [-0.4, -0.2) is 0 Å². The Hall–Kier alpha value is -1.82. The van der Waals surface area contributed by atoms with Crippen molar-refractivity contribution in [1.29, 1.82) is 0 Å². The summed E-state index contributed by atoms with van der Waals surface area (Å²) >= 11 is 0. The van der Waals surface area contributed by atoms with Crippen LogP contribution in [0.5, 0.6) is 0 Å². The van der Waals surface area contributed by atoms with Crippen LogP contribution >= 0.6 is 0 Å². The van der Waals surface area contributed by atoms with Gasteiger partial charge in [-0.2, -0.15) is 0 Å². The molecule has 0 heterocycles. The van der Waals surface area contributed by atoms with Gasteiger partial charge in [0.2, 0.25) is 0 Å². The molecule has 0 spiro atoms. The summed E-state index contributed by atoms with van der Waals surface area (Å²) in [7, 11) is 0. The smallest absolute Gasteiger partial charge is 0.00576 e. The lowest BCUT2D eigenvalue weighted by Gasteiger charge is -2.27. The molecule has 1 aliphatic carbocycles. The van der Waals surface area contributed by atoms with Crippen LogP contribution in [0, 0.1) is 0 Å². The zero-order valence-electron chi connectivity index (χ0n) is 20.9. The van der Waals surface area contributed by atoms with Crippen LogP contribution in [0.1, 0.15) is 115 Å². The molecule has 0 N–H and O–H groups in total. The fraction of sp³-hybridized carbons (Fsp3) is 0.533. The van der Waals surface area contributed by atoms with Crippen LogP contribution in [0.15, 0.2) is 35.9 Å². The molecule has 0 heteroatoms. The Morgan fingerprint density at radius 2 is 1.47 bits per heavy atom. The summed E-state index contributed by atoms with van der Waals surface area (Å²) in [5.41, 5.74) is 12.1. The molecule has 0 unspecified atom stereocenters. The molecule has 0 saturated carbocycles. The molecule has 0 aliphatic heterocycles. The van der Waals surface area contributed by atoms with E-state index in [4.69, 9.17) is 0 Å². The van der Waals surface area contributed by atoms with Gasteiger partial charge in [-0.3, -0.25) is 0 Å². The summed E-state index contributed by atoms with van der Waals surface area (Å²) < 4.78 is 0. The predicted octanol–water partition coefficient (Wildman–Crippen LogP) is 9.20. The molecule has 0 saturated heterocycles. The SMILES string of the molecule is CCCCC1=Cc2c(ccc(C(C)C)c2-c2cc(C(C)(C)C)cc(C(C)(C)C)c2)C1. The van der Waals surface area contributed by atoms with E-state index in [2.05, 4.69) is 98.7 Å². The minimum Gasteiger partial charge on any atom is -0.0654 e. The van der Waals surface area contributed by atoms with E-state index >= 15 is 0 Å². The van der Waals surface area contributed by atoms with Gasteiger partial charge >= 0.3 is 0 Å². The standard InChI is InChI=1S/C30H42/c1-10-11-12-21-15-22-13-14-26(20(2)3)28(27(22)16-21)23-17-24(29(4,5)6)19-25(18-23)30(7,8)9/h13-14,16-20H,10-12,15H2,1-9H3. The van der Waals surface area contributed by atoms with Crippen molar-refractivity contribution in [2.24, 2.45) is 0 Å². The second kappa shape index (κ2) is 8.37. The van der Waals surface area contributed by atoms with Crippen molar-refractivity contribution in [2.75, 3.05) is 0 Å². The summed E-state index contributed by atoms with van der Waals surface area (Å²) in [6.07, 6.45) is 7.44. The Morgan fingerprint density at radius 3 is 1.97 bits per heavy atom. The highest BCUT2D eigenvalue weighted by molar-refractivity contribution is 5.84. The van der Waals surface area contributed by atoms with Crippen molar-refractivity contribution >= 4 is 6.08 Å². The van der Waals surface area contributed by atoms with Crippen LogP contribution in [0.2, 0.25) is 0 Å². The molecule has 2 aromatic carbocycles. The number of unbranched alkanes of at least 4 members (excludes halogenated alkanes) is 1. The highest BCUT2D eigenvalue weighted by Crippen LogP contribution is 2.42. The monoisotopic (exact) mass is 402 g/mol. The number of fused-ring (bicyclic) bond motifs is 1. The molecule has 2 aromatic rings. The zero-order chi connectivity index (χ0) is 22.3. The Balaban J connectivity index is 2.28. The number of rotatable bonds is 5. The van der Waals surface area contributed by atoms with E-state index < -0.39 is 0 Å². The summed E-state index contributed by atoms with van der Waals surface area (Å²) in [6, 6.07) is 12.2. The quantitative estimate of drug-likeness (QED) is 0.467. The van der Waals surface area contributed by atoms with Gasteiger partial charge in [0.15, 0.2) is 0 Å². The Kier molecular flexibility index (Phi) is 6.38. The number of allylic oxidation sites excluding steroid dienone is 1. The lowest BCUT2D eigenvalue weighted by atomic mass is 9.77. The van der Waals surface area contributed by atoms with Crippen molar-refractivity contribution in [3.05, 3.63) is 63.7 Å². The maximum absolute atomic E-state index is 2.52. The lowest BCUT2D eigenvalue weighted by molar-refractivity contribution is 0.569. The van der Waals surface area contributed by atoms with Gasteiger partial charge in [0, 0.05) is 0 Å².